The van der Waals surface area contributed by atoms with E-state index in [0.717, 1.165) is 17.2 Å². The first-order valence-corrected chi connectivity index (χ1v) is 9.66. The highest BCUT2D eigenvalue weighted by molar-refractivity contribution is 5.93. The van der Waals surface area contributed by atoms with Crippen LogP contribution in [-0.4, -0.2) is 61.9 Å². The second-order valence-corrected chi connectivity index (χ2v) is 6.94. The van der Waals surface area contributed by atoms with Crippen LogP contribution in [0.25, 0.3) is 17.1 Å². The fourth-order valence-electron chi connectivity index (χ4n) is 3.43. The summed E-state index contributed by atoms with van der Waals surface area (Å²) in [7, 11) is 0. The fourth-order valence-corrected chi connectivity index (χ4v) is 3.43. The minimum Gasteiger partial charge on any atom is -0.355 e. The van der Waals surface area contributed by atoms with E-state index in [9.17, 15) is 4.79 Å². The molecule has 0 aliphatic carbocycles. The van der Waals surface area contributed by atoms with Crippen molar-refractivity contribution in [3.8, 4) is 17.1 Å². The van der Waals surface area contributed by atoms with E-state index in [1.165, 1.54) is 0 Å². The first-order chi connectivity index (χ1) is 14.8. The molecule has 0 bridgehead atoms. The van der Waals surface area contributed by atoms with Gasteiger partial charge in [0.2, 0.25) is 0 Å². The number of rotatable bonds is 4. The molecule has 0 radical (unpaired) electrons. The molecule has 9 heteroatoms. The molecule has 1 saturated heterocycles. The molecule has 0 aromatic carbocycles. The molecule has 0 unspecified atom stereocenters. The molecule has 4 aromatic rings. The maximum Gasteiger partial charge on any atom is 0.276 e. The molecule has 150 valence electrons. The minimum atomic E-state index is -0.136. The third-order valence-corrected chi connectivity index (χ3v) is 5.07. The van der Waals surface area contributed by atoms with Crippen LogP contribution in [-0.2, 0) is 0 Å². The molecule has 0 spiro atoms. The van der Waals surface area contributed by atoms with Gasteiger partial charge in [0.15, 0.2) is 23.1 Å². The first kappa shape index (κ1) is 18.0. The van der Waals surface area contributed by atoms with E-state index in [2.05, 4.69) is 25.2 Å². The molecule has 4 aromatic heterocycles. The van der Waals surface area contributed by atoms with E-state index in [0.29, 0.717) is 37.6 Å². The lowest BCUT2D eigenvalue weighted by Gasteiger charge is -2.34. The number of amides is 1. The van der Waals surface area contributed by atoms with Crippen LogP contribution < -0.4 is 4.90 Å². The topological polar surface area (TPSA) is 93.2 Å². The van der Waals surface area contributed by atoms with Gasteiger partial charge in [-0.1, -0.05) is 5.16 Å². The van der Waals surface area contributed by atoms with Crippen LogP contribution in [0, 0.1) is 0 Å². The van der Waals surface area contributed by atoms with Gasteiger partial charge in [0.25, 0.3) is 5.91 Å². The van der Waals surface area contributed by atoms with Crippen molar-refractivity contribution in [2.75, 3.05) is 31.1 Å². The van der Waals surface area contributed by atoms with Gasteiger partial charge in [0.1, 0.15) is 0 Å². The van der Waals surface area contributed by atoms with E-state index in [1.807, 2.05) is 53.4 Å². The fraction of sp³-hybridized carbons (Fsp3) is 0.190. The Kier molecular flexibility index (Phi) is 4.68. The molecule has 1 aliphatic rings. The predicted molar refractivity (Wildman–Crippen MR) is 109 cm³/mol. The van der Waals surface area contributed by atoms with E-state index < -0.39 is 0 Å². The molecule has 9 nitrogen and oxygen atoms in total. The van der Waals surface area contributed by atoms with Crippen LogP contribution in [0.1, 0.15) is 10.5 Å². The van der Waals surface area contributed by atoms with Gasteiger partial charge >= 0.3 is 0 Å². The van der Waals surface area contributed by atoms with E-state index in [1.54, 1.807) is 23.4 Å². The number of hydrogen-bond donors (Lipinski definition) is 0. The number of carbonyl (C=O) groups excluding carboxylic acids is 1. The van der Waals surface area contributed by atoms with Gasteiger partial charge in [0, 0.05) is 62.6 Å². The number of piperazine rings is 1. The van der Waals surface area contributed by atoms with Crippen molar-refractivity contribution in [2.24, 2.45) is 0 Å². The highest BCUT2D eigenvalue weighted by atomic mass is 16.5. The third kappa shape index (κ3) is 3.52. The van der Waals surface area contributed by atoms with Crippen molar-refractivity contribution >= 4 is 11.7 Å². The lowest BCUT2D eigenvalue weighted by atomic mass is 10.2. The van der Waals surface area contributed by atoms with Crippen molar-refractivity contribution in [1.82, 2.24) is 29.8 Å². The Morgan fingerprint density at radius 2 is 1.70 bits per heavy atom. The van der Waals surface area contributed by atoms with E-state index in [4.69, 9.17) is 4.52 Å². The van der Waals surface area contributed by atoms with Gasteiger partial charge in [-0.05, 0) is 36.4 Å². The molecule has 0 N–H and O–H groups in total. The second kappa shape index (κ2) is 7.78. The first-order valence-electron chi connectivity index (χ1n) is 9.66. The number of pyridine rings is 1. The number of carbonyl (C=O) groups is 1. The smallest absolute Gasteiger partial charge is 0.276 e. The Bertz CT molecular complexity index is 1120. The molecule has 0 saturated carbocycles. The molecule has 1 amide bonds. The van der Waals surface area contributed by atoms with Gasteiger partial charge in [-0.2, -0.15) is 0 Å². The summed E-state index contributed by atoms with van der Waals surface area (Å²) in [5.74, 6) is 1.97. The number of hydrogen-bond acceptors (Lipinski definition) is 7. The van der Waals surface area contributed by atoms with Gasteiger partial charge in [-0.25, -0.2) is 0 Å². The quantitative estimate of drug-likeness (QED) is 0.518. The summed E-state index contributed by atoms with van der Waals surface area (Å²) < 4.78 is 7.23. The molecule has 5 rings (SSSR count). The maximum absolute atomic E-state index is 12.8. The lowest BCUT2D eigenvalue weighted by Crippen LogP contribution is -2.49. The zero-order chi connectivity index (χ0) is 20.3. The highest BCUT2D eigenvalue weighted by Gasteiger charge is 2.25. The van der Waals surface area contributed by atoms with Crippen LogP contribution in [0.2, 0.25) is 0 Å². The zero-order valence-corrected chi connectivity index (χ0v) is 16.1. The summed E-state index contributed by atoms with van der Waals surface area (Å²) in [5, 5.41) is 12.6. The van der Waals surface area contributed by atoms with Crippen LogP contribution >= 0.6 is 0 Å². The monoisotopic (exact) mass is 401 g/mol. The summed E-state index contributed by atoms with van der Waals surface area (Å²) in [6.45, 7) is 2.51. The molecule has 30 heavy (non-hydrogen) atoms. The molecule has 0 atom stereocenters. The minimum absolute atomic E-state index is 0.136. The largest absolute Gasteiger partial charge is 0.355 e. The van der Waals surface area contributed by atoms with Crippen molar-refractivity contribution < 1.29 is 9.32 Å². The maximum atomic E-state index is 12.8. The third-order valence-electron chi connectivity index (χ3n) is 5.07. The number of nitrogens with zero attached hydrogens (tertiary/aromatic N) is 7. The molecular weight excluding hydrogens is 382 g/mol. The molecule has 1 aliphatic heterocycles. The summed E-state index contributed by atoms with van der Waals surface area (Å²) in [4.78, 5) is 20.8. The van der Waals surface area contributed by atoms with Crippen molar-refractivity contribution in [3.63, 3.8) is 0 Å². The summed E-state index contributed by atoms with van der Waals surface area (Å²) in [5.41, 5.74) is 1.09. The Balaban J connectivity index is 1.22. The van der Waals surface area contributed by atoms with Crippen LogP contribution in [0.3, 0.4) is 0 Å². The van der Waals surface area contributed by atoms with E-state index in [-0.39, 0.29) is 5.91 Å². The van der Waals surface area contributed by atoms with Crippen LogP contribution in [0.15, 0.2) is 71.8 Å². The Morgan fingerprint density at radius 1 is 0.933 bits per heavy atom. The average molecular weight is 401 g/mol. The van der Waals surface area contributed by atoms with Gasteiger partial charge in [0.05, 0.1) is 0 Å². The van der Waals surface area contributed by atoms with Gasteiger partial charge in [-0.15, -0.1) is 10.2 Å². The van der Waals surface area contributed by atoms with Crippen LogP contribution in [0.5, 0.6) is 0 Å². The Hall–Kier alpha value is -4.01. The normalized spacial score (nSPS) is 14.1. The predicted octanol–water partition coefficient (Wildman–Crippen LogP) is 2.28. The second-order valence-electron chi connectivity index (χ2n) is 6.94. The molecular formula is C21H19N7O2. The molecule has 5 heterocycles. The van der Waals surface area contributed by atoms with E-state index >= 15 is 0 Å². The average Bonchev–Trinajstić information content (AvgIpc) is 3.52. The summed E-state index contributed by atoms with van der Waals surface area (Å²) in [6, 6.07) is 13.1. The van der Waals surface area contributed by atoms with Gasteiger partial charge in [-0.3, -0.25) is 9.78 Å². The molecule has 1 fully saturated rings. The standard InChI is InChI=1S/C21H19N7O2/c29-21(17-14-18(30-25-17)16-4-3-7-22-15-16)28-12-10-27(11-13-28)20-6-5-19(23-24-20)26-8-1-2-9-26/h1-9,14-15H,10-13H2. The summed E-state index contributed by atoms with van der Waals surface area (Å²) >= 11 is 0. The Labute approximate surface area is 172 Å². The SMILES string of the molecule is O=C(c1cc(-c2cccnc2)on1)N1CCN(c2ccc(-n3cccc3)nn2)CC1. The number of aromatic nitrogens is 5. The number of anilines is 1. The van der Waals surface area contributed by atoms with Crippen molar-refractivity contribution in [3.05, 3.63) is 72.9 Å². The van der Waals surface area contributed by atoms with Crippen molar-refractivity contribution in [1.29, 1.82) is 0 Å². The highest BCUT2D eigenvalue weighted by Crippen LogP contribution is 2.21. The van der Waals surface area contributed by atoms with Gasteiger partial charge < -0.3 is 18.9 Å². The lowest BCUT2D eigenvalue weighted by molar-refractivity contribution is 0.0736. The zero-order valence-electron chi connectivity index (χ0n) is 16.1. The van der Waals surface area contributed by atoms with Crippen molar-refractivity contribution in [2.45, 2.75) is 0 Å². The summed E-state index contributed by atoms with van der Waals surface area (Å²) in [6.07, 6.45) is 7.22. The Morgan fingerprint density at radius 3 is 2.40 bits per heavy atom. The van der Waals surface area contributed by atoms with Crippen LogP contribution in [0.4, 0.5) is 5.82 Å².